The van der Waals surface area contributed by atoms with Crippen LogP contribution in [0.2, 0.25) is 0 Å². The fourth-order valence-corrected chi connectivity index (χ4v) is 1.28. The number of hydrogen-bond acceptors (Lipinski definition) is 2. The van der Waals surface area contributed by atoms with Crippen molar-refractivity contribution in [3.8, 4) is 0 Å². The number of nitrogens with one attached hydrogen (secondary N) is 1. The summed E-state index contributed by atoms with van der Waals surface area (Å²) < 4.78 is 5.22. The predicted octanol–water partition coefficient (Wildman–Crippen LogP) is 0.437. The van der Waals surface area contributed by atoms with Gasteiger partial charge in [0, 0.05) is 13.1 Å². The van der Waals surface area contributed by atoms with E-state index in [-0.39, 0.29) is 12.1 Å². The summed E-state index contributed by atoms with van der Waals surface area (Å²) in [7, 11) is 0. The lowest BCUT2D eigenvalue weighted by molar-refractivity contribution is 0.0192. The Morgan fingerprint density at radius 2 is 2.50 bits per heavy atom. The number of carbonyl (C=O) groups is 1. The lowest BCUT2D eigenvalue weighted by Crippen LogP contribution is -2.51. The fraction of sp³-hybridized carbons (Fsp3) is 0.875. The van der Waals surface area contributed by atoms with Gasteiger partial charge in [0.05, 0.1) is 19.3 Å². The zero-order chi connectivity index (χ0) is 8.97. The highest BCUT2D eigenvalue weighted by atomic mass is 16.5. The van der Waals surface area contributed by atoms with Crippen molar-refractivity contribution in [1.29, 1.82) is 0 Å². The molecule has 0 aromatic rings. The first-order valence-electron chi connectivity index (χ1n) is 4.38. The molecular formula is C8H16N2O2. The number of hydrogen-bond donors (Lipinski definition) is 1. The van der Waals surface area contributed by atoms with E-state index in [2.05, 4.69) is 5.32 Å². The Kier molecular flexibility index (Phi) is 3.34. The van der Waals surface area contributed by atoms with Crippen molar-refractivity contribution in [2.75, 3.05) is 26.3 Å². The zero-order valence-corrected chi connectivity index (χ0v) is 7.67. The number of carbonyl (C=O) groups excluding carboxylic acids is 1. The van der Waals surface area contributed by atoms with Gasteiger partial charge in [0.15, 0.2) is 0 Å². The van der Waals surface area contributed by atoms with E-state index < -0.39 is 0 Å². The molecule has 4 nitrogen and oxygen atoms in total. The molecule has 1 unspecified atom stereocenters. The Hall–Kier alpha value is -0.770. The quantitative estimate of drug-likeness (QED) is 0.623. The number of rotatable bonds is 1. The molecule has 4 heteroatoms. The Morgan fingerprint density at radius 3 is 3.08 bits per heavy atom. The Balaban J connectivity index is 2.42. The summed E-state index contributed by atoms with van der Waals surface area (Å²) in [5, 5.41) is 2.78. The smallest absolute Gasteiger partial charge is 0.317 e. The molecule has 1 aliphatic heterocycles. The molecule has 1 heterocycles. The molecule has 1 fully saturated rings. The van der Waals surface area contributed by atoms with Crippen LogP contribution in [-0.2, 0) is 4.74 Å². The molecule has 12 heavy (non-hydrogen) atoms. The number of nitrogens with zero attached hydrogens (tertiary/aromatic N) is 1. The number of urea groups is 1. The molecule has 1 N–H and O–H groups in total. The third-order valence-electron chi connectivity index (χ3n) is 1.96. The second-order valence-corrected chi connectivity index (χ2v) is 2.95. The predicted molar refractivity (Wildman–Crippen MR) is 46.1 cm³/mol. The highest BCUT2D eigenvalue weighted by molar-refractivity contribution is 5.74. The van der Waals surface area contributed by atoms with Gasteiger partial charge in [0.1, 0.15) is 0 Å². The lowest BCUT2D eigenvalue weighted by atomic mass is 10.3. The summed E-state index contributed by atoms with van der Waals surface area (Å²) in [6.45, 7) is 6.60. The van der Waals surface area contributed by atoms with Gasteiger partial charge in [-0.2, -0.15) is 0 Å². The second-order valence-electron chi connectivity index (χ2n) is 2.95. The van der Waals surface area contributed by atoms with Crippen molar-refractivity contribution in [3.05, 3.63) is 0 Å². The van der Waals surface area contributed by atoms with Crippen LogP contribution in [0.5, 0.6) is 0 Å². The Labute approximate surface area is 72.9 Å². The summed E-state index contributed by atoms with van der Waals surface area (Å²) >= 11 is 0. The number of amides is 2. The topological polar surface area (TPSA) is 41.6 Å². The maximum absolute atomic E-state index is 11.4. The molecular weight excluding hydrogens is 156 g/mol. The van der Waals surface area contributed by atoms with Crippen molar-refractivity contribution in [3.63, 3.8) is 0 Å². The minimum atomic E-state index is 0.0216. The molecule has 0 saturated carbocycles. The highest BCUT2D eigenvalue weighted by Crippen LogP contribution is 2.05. The van der Waals surface area contributed by atoms with Crippen LogP contribution < -0.4 is 5.32 Å². The van der Waals surface area contributed by atoms with E-state index in [4.69, 9.17) is 4.74 Å². The first kappa shape index (κ1) is 9.32. The van der Waals surface area contributed by atoms with E-state index in [0.29, 0.717) is 26.3 Å². The molecule has 0 aromatic heterocycles. The van der Waals surface area contributed by atoms with Crippen molar-refractivity contribution < 1.29 is 9.53 Å². The lowest BCUT2D eigenvalue weighted by Gasteiger charge is -2.33. The summed E-state index contributed by atoms with van der Waals surface area (Å²) in [5.41, 5.74) is 0. The summed E-state index contributed by atoms with van der Waals surface area (Å²) in [6, 6.07) is 0.221. The number of ether oxygens (including phenoxy) is 1. The summed E-state index contributed by atoms with van der Waals surface area (Å²) in [4.78, 5) is 13.2. The van der Waals surface area contributed by atoms with Crippen LogP contribution in [-0.4, -0.2) is 43.3 Å². The van der Waals surface area contributed by atoms with Gasteiger partial charge in [-0.15, -0.1) is 0 Å². The monoisotopic (exact) mass is 172 g/mol. The SMILES string of the molecule is CCNC(=O)N1CCOCC1C. The molecule has 0 aliphatic carbocycles. The van der Waals surface area contributed by atoms with Crippen LogP contribution in [0.1, 0.15) is 13.8 Å². The second kappa shape index (κ2) is 4.30. The third kappa shape index (κ3) is 2.11. The van der Waals surface area contributed by atoms with Crippen molar-refractivity contribution in [1.82, 2.24) is 10.2 Å². The molecule has 1 aliphatic rings. The molecule has 70 valence electrons. The molecule has 0 spiro atoms. The van der Waals surface area contributed by atoms with Crippen LogP contribution in [0, 0.1) is 0 Å². The molecule has 0 aromatic carbocycles. The number of morpholine rings is 1. The summed E-state index contributed by atoms with van der Waals surface area (Å²) in [6.07, 6.45) is 0. The van der Waals surface area contributed by atoms with E-state index in [9.17, 15) is 4.79 Å². The van der Waals surface area contributed by atoms with Gasteiger partial charge < -0.3 is 15.0 Å². The van der Waals surface area contributed by atoms with Crippen LogP contribution in [0.4, 0.5) is 4.79 Å². The molecule has 0 radical (unpaired) electrons. The molecule has 1 saturated heterocycles. The Bertz CT molecular complexity index is 161. The van der Waals surface area contributed by atoms with Gasteiger partial charge >= 0.3 is 6.03 Å². The average Bonchev–Trinajstić information content (AvgIpc) is 2.05. The first-order chi connectivity index (χ1) is 5.75. The zero-order valence-electron chi connectivity index (χ0n) is 7.67. The van der Waals surface area contributed by atoms with E-state index in [1.807, 2.05) is 18.7 Å². The average molecular weight is 172 g/mol. The highest BCUT2D eigenvalue weighted by Gasteiger charge is 2.22. The van der Waals surface area contributed by atoms with E-state index in [0.717, 1.165) is 0 Å². The Morgan fingerprint density at radius 1 is 1.75 bits per heavy atom. The standard InChI is InChI=1S/C8H16N2O2/c1-3-9-8(11)10-4-5-12-6-7(10)2/h7H,3-6H2,1-2H3,(H,9,11). The van der Waals surface area contributed by atoms with Crippen LogP contribution in [0.15, 0.2) is 0 Å². The van der Waals surface area contributed by atoms with Gasteiger partial charge in [-0.1, -0.05) is 0 Å². The fourth-order valence-electron chi connectivity index (χ4n) is 1.28. The maximum Gasteiger partial charge on any atom is 0.317 e. The van der Waals surface area contributed by atoms with E-state index in [1.165, 1.54) is 0 Å². The molecule has 0 bridgehead atoms. The van der Waals surface area contributed by atoms with Crippen LogP contribution in [0.3, 0.4) is 0 Å². The van der Waals surface area contributed by atoms with Crippen molar-refractivity contribution in [2.24, 2.45) is 0 Å². The van der Waals surface area contributed by atoms with Gasteiger partial charge in [0.25, 0.3) is 0 Å². The molecule has 2 amide bonds. The van der Waals surface area contributed by atoms with Crippen molar-refractivity contribution in [2.45, 2.75) is 19.9 Å². The van der Waals surface area contributed by atoms with Crippen LogP contribution in [0.25, 0.3) is 0 Å². The van der Waals surface area contributed by atoms with Gasteiger partial charge in [-0.05, 0) is 13.8 Å². The summed E-state index contributed by atoms with van der Waals surface area (Å²) in [5.74, 6) is 0. The minimum Gasteiger partial charge on any atom is -0.377 e. The van der Waals surface area contributed by atoms with Gasteiger partial charge in [-0.3, -0.25) is 0 Å². The normalized spacial score (nSPS) is 23.8. The first-order valence-corrected chi connectivity index (χ1v) is 4.38. The van der Waals surface area contributed by atoms with E-state index >= 15 is 0 Å². The minimum absolute atomic E-state index is 0.0216. The van der Waals surface area contributed by atoms with Crippen molar-refractivity contribution >= 4 is 6.03 Å². The van der Waals surface area contributed by atoms with E-state index in [1.54, 1.807) is 0 Å². The van der Waals surface area contributed by atoms with Gasteiger partial charge in [0.2, 0.25) is 0 Å². The molecule has 1 rings (SSSR count). The molecule has 1 atom stereocenters. The largest absolute Gasteiger partial charge is 0.377 e. The van der Waals surface area contributed by atoms with Gasteiger partial charge in [-0.25, -0.2) is 4.79 Å². The maximum atomic E-state index is 11.4. The third-order valence-corrected chi connectivity index (χ3v) is 1.96. The van der Waals surface area contributed by atoms with Crippen LogP contribution >= 0.6 is 0 Å².